The van der Waals surface area contributed by atoms with Crippen LogP contribution in [0.1, 0.15) is 29.5 Å². The topological polar surface area (TPSA) is 81.5 Å². The van der Waals surface area contributed by atoms with Crippen molar-refractivity contribution >= 4 is 15.9 Å². The summed E-state index contributed by atoms with van der Waals surface area (Å²) in [5, 5.41) is 8.98. The molecule has 158 valence electrons. The monoisotopic (exact) mass is 429 g/mol. The Bertz CT molecular complexity index is 1050. The van der Waals surface area contributed by atoms with E-state index in [2.05, 4.69) is 6.07 Å². The van der Waals surface area contributed by atoms with Gasteiger partial charge in [-0.1, -0.05) is 24.3 Å². The van der Waals surface area contributed by atoms with Crippen molar-refractivity contribution in [3.63, 3.8) is 0 Å². The van der Waals surface area contributed by atoms with Gasteiger partial charge in [-0.2, -0.15) is 5.26 Å². The third-order valence-electron chi connectivity index (χ3n) is 5.23. The summed E-state index contributed by atoms with van der Waals surface area (Å²) in [5.41, 5.74) is 2.03. The molecule has 1 fully saturated rings. The van der Waals surface area contributed by atoms with Gasteiger partial charge < -0.3 is 4.90 Å². The van der Waals surface area contributed by atoms with Crippen molar-refractivity contribution in [2.24, 2.45) is 5.92 Å². The van der Waals surface area contributed by atoms with Crippen LogP contribution in [0.3, 0.4) is 0 Å². The van der Waals surface area contributed by atoms with Gasteiger partial charge in [0, 0.05) is 26.2 Å². The first-order chi connectivity index (χ1) is 14.3. The molecular weight excluding hydrogens is 405 g/mol. The van der Waals surface area contributed by atoms with Crippen molar-refractivity contribution < 1.29 is 17.6 Å². The van der Waals surface area contributed by atoms with Crippen molar-refractivity contribution in [1.82, 2.24) is 9.21 Å². The third-order valence-corrected chi connectivity index (χ3v) is 6.50. The number of rotatable bonds is 6. The number of amides is 1. The number of nitriles is 1. The minimum atomic E-state index is -3.37. The maximum Gasteiger partial charge on any atom is 0.227 e. The molecule has 0 radical (unpaired) electrons. The maximum absolute atomic E-state index is 13.7. The molecule has 1 aliphatic heterocycles. The zero-order valence-electron chi connectivity index (χ0n) is 16.8. The van der Waals surface area contributed by atoms with Crippen LogP contribution in [0.25, 0.3) is 0 Å². The van der Waals surface area contributed by atoms with Crippen molar-refractivity contribution in [2.45, 2.75) is 25.9 Å². The highest BCUT2D eigenvalue weighted by Gasteiger charge is 2.32. The lowest BCUT2D eigenvalue weighted by molar-refractivity contribution is -0.138. The molecule has 2 aromatic rings. The van der Waals surface area contributed by atoms with E-state index in [9.17, 15) is 17.6 Å². The van der Waals surface area contributed by atoms with E-state index in [1.807, 2.05) is 0 Å². The molecule has 1 saturated heterocycles. The lowest BCUT2D eigenvalue weighted by atomic mass is 9.97. The van der Waals surface area contributed by atoms with Gasteiger partial charge >= 0.3 is 0 Å². The molecule has 0 bridgehead atoms. The van der Waals surface area contributed by atoms with Crippen molar-refractivity contribution in [2.75, 3.05) is 19.3 Å². The van der Waals surface area contributed by atoms with Crippen LogP contribution in [-0.4, -0.2) is 42.9 Å². The second-order valence-electron chi connectivity index (χ2n) is 7.59. The number of sulfonamides is 1. The molecule has 0 aliphatic carbocycles. The average Bonchev–Trinajstić information content (AvgIpc) is 2.73. The molecule has 1 unspecified atom stereocenters. The lowest BCUT2D eigenvalue weighted by Gasteiger charge is -2.34. The van der Waals surface area contributed by atoms with Gasteiger partial charge in [0.1, 0.15) is 5.82 Å². The maximum atomic E-state index is 13.7. The van der Waals surface area contributed by atoms with Gasteiger partial charge in [0.25, 0.3) is 0 Å². The summed E-state index contributed by atoms with van der Waals surface area (Å²) < 4.78 is 38.9. The summed E-state index contributed by atoms with van der Waals surface area (Å²) >= 11 is 0. The van der Waals surface area contributed by atoms with Crippen LogP contribution in [0.5, 0.6) is 0 Å². The fraction of sp³-hybridized carbons (Fsp3) is 0.364. The summed E-state index contributed by atoms with van der Waals surface area (Å²) in [5.74, 6) is -0.975. The van der Waals surface area contributed by atoms with Crippen LogP contribution in [0.2, 0.25) is 0 Å². The molecule has 0 N–H and O–H groups in total. The molecule has 0 saturated carbocycles. The fourth-order valence-corrected chi connectivity index (χ4v) is 4.59. The second kappa shape index (κ2) is 9.37. The number of nitrogens with zero attached hydrogens (tertiary/aromatic N) is 3. The van der Waals surface area contributed by atoms with Crippen LogP contribution < -0.4 is 0 Å². The highest BCUT2D eigenvalue weighted by molar-refractivity contribution is 7.88. The lowest BCUT2D eigenvalue weighted by Crippen LogP contribution is -2.46. The number of benzene rings is 2. The summed E-state index contributed by atoms with van der Waals surface area (Å²) in [6, 6.07) is 15.1. The molecular formula is C22H24FN3O3S. The number of halogens is 1. The molecule has 1 heterocycles. The van der Waals surface area contributed by atoms with Crippen LogP contribution in [0, 0.1) is 23.1 Å². The molecule has 1 aliphatic rings. The molecule has 1 amide bonds. The molecule has 3 rings (SSSR count). The molecule has 30 heavy (non-hydrogen) atoms. The molecule has 6 nitrogen and oxygen atoms in total. The smallest absolute Gasteiger partial charge is 0.227 e. The second-order valence-corrected chi connectivity index (χ2v) is 9.58. The Morgan fingerprint density at radius 3 is 2.53 bits per heavy atom. The third kappa shape index (κ3) is 5.65. The Morgan fingerprint density at radius 2 is 1.90 bits per heavy atom. The molecule has 2 aromatic carbocycles. The van der Waals surface area contributed by atoms with Crippen LogP contribution in [-0.2, 0) is 27.9 Å². The summed E-state index contributed by atoms with van der Waals surface area (Å²) in [4.78, 5) is 15.0. The largest absolute Gasteiger partial charge is 0.334 e. The number of hydrogen-bond donors (Lipinski definition) is 0. The van der Waals surface area contributed by atoms with E-state index in [0.29, 0.717) is 30.5 Å². The summed E-state index contributed by atoms with van der Waals surface area (Å²) in [6.45, 7) is 1.08. The normalized spacial score (nSPS) is 17.3. The number of carbonyl (C=O) groups is 1. The molecule has 0 aromatic heterocycles. The SMILES string of the molecule is CS(=O)(=O)N1CCCC(C(=O)N(Cc2ccc(C#N)cc2)Cc2cccc(F)c2)C1. The van der Waals surface area contributed by atoms with E-state index < -0.39 is 15.9 Å². The predicted molar refractivity (Wildman–Crippen MR) is 111 cm³/mol. The minimum Gasteiger partial charge on any atom is -0.334 e. The number of hydrogen-bond acceptors (Lipinski definition) is 4. The van der Waals surface area contributed by atoms with Gasteiger partial charge in [-0.05, 0) is 48.2 Å². The minimum absolute atomic E-state index is 0.156. The van der Waals surface area contributed by atoms with Gasteiger partial charge in [-0.25, -0.2) is 17.1 Å². The van der Waals surface area contributed by atoms with Gasteiger partial charge in [-0.15, -0.1) is 0 Å². The Hall–Kier alpha value is -2.76. The van der Waals surface area contributed by atoms with Crippen LogP contribution in [0.15, 0.2) is 48.5 Å². The summed E-state index contributed by atoms with van der Waals surface area (Å²) in [7, 11) is -3.37. The van der Waals surface area contributed by atoms with Gasteiger partial charge in [-0.3, -0.25) is 4.79 Å². The number of piperidine rings is 1. The van der Waals surface area contributed by atoms with E-state index in [0.717, 1.165) is 11.8 Å². The van der Waals surface area contributed by atoms with Crippen molar-refractivity contribution in [3.8, 4) is 6.07 Å². The van der Waals surface area contributed by atoms with E-state index in [1.165, 1.54) is 16.4 Å². The Balaban J connectivity index is 1.83. The Morgan fingerprint density at radius 1 is 1.20 bits per heavy atom. The van der Waals surface area contributed by atoms with E-state index in [-0.39, 0.29) is 31.4 Å². The zero-order valence-corrected chi connectivity index (χ0v) is 17.6. The quantitative estimate of drug-likeness (QED) is 0.707. The highest BCUT2D eigenvalue weighted by atomic mass is 32.2. The number of carbonyl (C=O) groups excluding carboxylic acids is 1. The molecule has 1 atom stereocenters. The zero-order chi connectivity index (χ0) is 21.7. The van der Waals surface area contributed by atoms with E-state index in [1.54, 1.807) is 41.3 Å². The standard InChI is InChI=1S/C22H24FN3O3S/c1-30(28,29)26-11-3-5-20(16-26)22(27)25(15-19-4-2-6-21(23)12-19)14-18-9-7-17(13-24)8-10-18/h2,4,6-10,12,20H,3,5,11,14-16H2,1H3. The highest BCUT2D eigenvalue weighted by Crippen LogP contribution is 2.23. The van der Waals surface area contributed by atoms with Crippen LogP contribution >= 0.6 is 0 Å². The molecule has 0 spiro atoms. The van der Waals surface area contributed by atoms with Crippen molar-refractivity contribution in [1.29, 1.82) is 5.26 Å². The predicted octanol–water partition coefficient (Wildman–Crippen LogP) is 2.90. The van der Waals surface area contributed by atoms with Gasteiger partial charge in [0.2, 0.25) is 15.9 Å². The van der Waals surface area contributed by atoms with Crippen molar-refractivity contribution in [3.05, 3.63) is 71.0 Å². The van der Waals surface area contributed by atoms with Crippen LogP contribution in [0.4, 0.5) is 4.39 Å². The fourth-order valence-electron chi connectivity index (χ4n) is 3.68. The first-order valence-electron chi connectivity index (χ1n) is 9.73. The first kappa shape index (κ1) is 21.9. The average molecular weight is 430 g/mol. The Kier molecular flexibility index (Phi) is 6.85. The molecule has 8 heteroatoms. The van der Waals surface area contributed by atoms with Gasteiger partial charge in [0.15, 0.2) is 0 Å². The van der Waals surface area contributed by atoms with Gasteiger partial charge in [0.05, 0.1) is 23.8 Å². The Labute approximate surface area is 176 Å². The van der Waals surface area contributed by atoms with E-state index >= 15 is 0 Å². The first-order valence-corrected chi connectivity index (χ1v) is 11.6. The summed E-state index contributed by atoms with van der Waals surface area (Å²) in [6.07, 6.45) is 2.38. The van der Waals surface area contributed by atoms with E-state index in [4.69, 9.17) is 5.26 Å².